The normalized spacial score (nSPS) is 11.6. The van der Waals surface area contributed by atoms with Gasteiger partial charge in [-0.3, -0.25) is 9.13 Å². The molecule has 2 aromatic carbocycles. The molecule has 0 aliphatic carbocycles. The van der Waals surface area contributed by atoms with Crippen molar-refractivity contribution in [2.75, 3.05) is 0 Å². The Morgan fingerprint density at radius 3 is 2.09 bits per heavy atom. The smallest absolute Gasteiger partial charge is 0.328 e. The number of rotatable bonds is 1. The van der Waals surface area contributed by atoms with Crippen molar-refractivity contribution in [2.45, 2.75) is 6.92 Å². The third kappa shape index (κ3) is 1.86. The number of aromatic nitrogens is 5. The molecule has 2 aromatic heterocycles. The molecule has 0 saturated heterocycles. The fraction of sp³-hybridized carbons (Fsp3) is 0.188. The van der Waals surface area contributed by atoms with E-state index in [2.05, 4.69) is 10.2 Å². The van der Waals surface area contributed by atoms with Gasteiger partial charge in [-0.25, -0.2) is 4.79 Å². The minimum absolute atomic E-state index is 0.0862. The molecule has 1 N–H and O–H groups in total. The van der Waals surface area contributed by atoms with Crippen LogP contribution < -0.4 is 5.69 Å². The summed E-state index contributed by atoms with van der Waals surface area (Å²) >= 11 is 0. The van der Waals surface area contributed by atoms with Crippen LogP contribution in [0.15, 0.2) is 35.1 Å². The van der Waals surface area contributed by atoms with Crippen molar-refractivity contribution < 1.29 is 5.11 Å². The summed E-state index contributed by atoms with van der Waals surface area (Å²) in [6.45, 7) is 1.94. The van der Waals surface area contributed by atoms with Crippen LogP contribution in [0.3, 0.4) is 0 Å². The van der Waals surface area contributed by atoms with Gasteiger partial charge in [0.15, 0.2) is 0 Å². The second kappa shape index (κ2) is 4.45. The lowest BCUT2D eigenvalue weighted by atomic mass is 10.2. The average molecular weight is 309 g/mol. The average Bonchev–Trinajstić information content (AvgIpc) is 3.03. The SMILES string of the molecule is Cc1ccc(O)c(-n2nc3cc4c(cc3n2)n(C)c(=O)n4C)c1. The van der Waals surface area contributed by atoms with Gasteiger partial charge >= 0.3 is 5.69 Å². The second-order valence-corrected chi connectivity index (χ2v) is 5.71. The van der Waals surface area contributed by atoms with Gasteiger partial charge in [0, 0.05) is 14.1 Å². The van der Waals surface area contributed by atoms with Crippen LogP contribution in [0.25, 0.3) is 27.8 Å². The Morgan fingerprint density at radius 1 is 0.957 bits per heavy atom. The molecule has 0 aliphatic rings. The lowest BCUT2D eigenvalue weighted by Gasteiger charge is -2.03. The lowest BCUT2D eigenvalue weighted by molar-refractivity contribution is 0.467. The molecular weight excluding hydrogens is 294 g/mol. The summed E-state index contributed by atoms with van der Waals surface area (Å²) in [7, 11) is 3.46. The Balaban J connectivity index is 2.02. The standard InChI is InChI=1S/C16H15N5O2/c1-9-4-5-15(22)14(6-9)21-17-10-7-12-13(8-11(10)18-21)20(3)16(23)19(12)2/h4-8,22H,1-3H3. The fourth-order valence-corrected chi connectivity index (χ4v) is 2.81. The van der Waals surface area contributed by atoms with E-state index in [-0.39, 0.29) is 11.4 Å². The van der Waals surface area contributed by atoms with Gasteiger partial charge < -0.3 is 5.11 Å². The van der Waals surface area contributed by atoms with E-state index in [4.69, 9.17) is 0 Å². The van der Waals surface area contributed by atoms with Crippen LogP contribution in [0.2, 0.25) is 0 Å². The highest BCUT2D eigenvalue weighted by Crippen LogP contribution is 2.24. The predicted octanol–water partition coefficient (Wildman–Crippen LogP) is 1.62. The van der Waals surface area contributed by atoms with Crippen molar-refractivity contribution in [3.63, 3.8) is 0 Å². The molecule has 2 heterocycles. The zero-order valence-corrected chi connectivity index (χ0v) is 13.0. The molecule has 4 rings (SSSR count). The first-order chi connectivity index (χ1) is 11.0. The zero-order valence-electron chi connectivity index (χ0n) is 13.0. The van der Waals surface area contributed by atoms with Crippen LogP contribution in [-0.4, -0.2) is 29.2 Å². The van der Waals surface area contributed by atoms with E-state index in [0.29, 0.717) is 16.7 Å². The Labute approximate surface area is 131 Å². The van der Waals surface area contributed by atoms with Crippen molar-refractivity contribution in [2.24, 2.45) is 14.1 Å². The summed E-state index contributed by atoms with van der Waals surface area (Å²) in [5.74, 6) is 0.118. The van der Waals surface area contributed by atoms with Crippen LogP contribution in [0.4, 0.5) is 0 Å². The van der Waals surface area contributed by atoms with Crippen molar-refractivity contribution in [3.05, 3.63) is 46.4 Å². The largest absolute Gasteiger partial charge is 0.506 e. The molecule has 0 radical (unpaired) electrons. The zero-order chi connectivity index (χ0) is 16.3. The number of hydrogen-bond acceptors (Lipinski definition) is 4. The van der Waals surface area contributed by atoms with E-state index in [0.717, 1.165) is 16.6 Å². The molecule has 7 nitrogen and oxygen atoms in total. The molecular formula is C16H15N5O2. The van der Waals surface area contributed by atoms with E-state index < -0.39 is 0 Å². The third-order valence-electron chi connectivity index (χ3n) is 4.12. The van der Waals surface area contributed by atoms with Crippen LogP contribution in [0, 0.1) is 6.92 Å². The Kier molecular flexibility index (Phi) is 2.63. The molecule has 0 fully saturated rings. The van der Waals surface area contributed by atoms with E-state index in [1.165, 1.54) is 4.80 Å². The van der Waals surface area contributed by atoms with Crippen molar-refractivity contribution >= 4 is 22.1 Å². The first-order valence-corrected chi connectivity index (χ1v) is 7.18. The molecule has 0 atom stereocenters. The third-order valence-corrected chi connectivity index (χ3v) is 4.12. The highest BCUT2D eigenvalue weighted by Gasteiger charge is 2.14. The lowest BCUT2D eigenvalue weighted by Crippen LogP contribution is -2.19. The molecule has 0 amide bonds. The number of hydrogen-bond donors (Lipinski definition) is 1. The van der Waals surface area contributed by atoms with Crippen LogP contribution in [0.1, 0.15) is 5.56 Å². The monoisotopic (exact) mass is 309 g/mol. The van der Waals surface area contributed by atoms with E-state index >= 15 is 0 Å². The molecule has 116 valence electrons. The molecule has 0 bridgehead atoms. The van der Waals surface area contributed by atoms with Gasteiger partial charge in [0.25, 0.3) is 0 Å². The van der Waals surface area contributed by atoms with Gasteiger partial charge in [-0.15, -0.1) is 15.0 Å². The molecule has 23 heavy (non-hydrogen) atoms. The minimum Gasteiger partial charge on any atom is -0.506 e. The predicted molar refractivity (Wildman–Crippen MR) is 87.0 cm³/mol. The number of fused-ring (bicyclic) bond motifs is 2. The Hall–Kier alpha value is -3.09. The second-order valence-electron chi connectivity index (χ2n) is 5.71. The number of phenolic OH excluding ortho intramolecular Hbond substituents is 1. The quantitative estimate of drug-likeness (QED) is 0.579. The number of phenols is 1. The van der Waals surface area contributed by atoms with Crippen molar-refractivity contribution in [3.8, 4) is 11.4 Å². The molecule has 0 unspecified atom stereocenters. The van der Waals surface area contributed by atoms with Gasteiger partial charge in [-0.1, -0.05) is 6.07 Å². The summed E-state index contributed by atoms with van der Waals surface area (Å²) < 4.78 is 3.16. The number of nitrogens with zero attached hydrogens (tertiary/aromatic N) is 5. The number of aryl methyl sites for hydroxylation is 3. The fourth-order valence-electron chi connectivity index (χ4n) is 2.81. The van der Waals surface area contributed by atoms with Crippen molar-refractivity contribution in [1.82, 2.24) is 24.1 Å². The topological polar surface area (TPSA) is 77.9 Å². The van der Waals surface area contributed by atoms with Gasteiger partial charge in [0.1, 0.15) is 22.5 Å². The summed E-state index contributed by atoms with van der Waals surface area (Å²) in [6, 6.07) is 8.94. The van der Waals surface area contributed by atoms with Crippen molar-refractivity contribution in [1.29, 1.82) is 0 Å². The van der Waals surface area contributed by atoms with E-state index in [9.17, 15) is 9.90 Å². The maximum atomic E-state index is 12.0. The van der Waals surface area contributed by atoms with E-state index in [1.807, 2.05) is 31.2 Å². The molecule has 0 saturated carbocycles. The first kappa shape index (κ1) is 13.6. The maximum absolute atomic E-state index is 12.0. The molecule has 0 aliphatic heterocycles. The first-order valence-electron chi connectivity index (χ1n) is 7.18. The number of benzene rings is 2. The Morgan fingerprint density at radius 2 is 1.52 bits per heavy atom. The number of imidazole rings is 1. The molecule has 4 aromatic rings. The minimum atomic E-state index is -0.0862. The summed E-state index contributed by atoms with van der Waals surface area (Å²) in [6.07, 6.45) is 0. The van der Waals surface area contributed by atoms with Gasteiger partial charge in [-0.05, 0) is 36.8 Å². The highest BCUT2D eigenvalue weighted by molar-refractivity contribution is 5.91. The van der Waals surface area contributed by atoms with Crippen LogP contribution in [-0.2, 0) is 14.1 Å². The van der Waals surface area contributed by atoms with Crippen LogP contribution >= 0.6 is 0 Å². The van der Waals surface area contributed by atoms with Gasteiger partial charge in [0.2, 0.25) is 0 Å². The Bertz CT molecular complexity index is 1070. The van der Waals surface area contributed by atoms with Gasteiger partial charge in [-0.2, -0.15) is 0 Å². The molecule has 7 heteroatoms. The molecule has 0 spiro atoms. The summed E-state index contributed by atoms with van der Waals surface area (Å²) in [4.78, 5) is 13.4. The highest BCUT2D eigenvalue weighted by atomic mass is 16.3. The van der Waals surface area contributed by atoms with Crippen LogP contribution in [0.5, 0.6) is 5.75 Å². The number of aromatic hydroxyl groups is 1. The van der Waals surface area contributed by atoms with E-state index in [1.54, 1.807) is 29.3 Å². The van der Waals surface area contributed by atoms with Gasteiger partial charge in [0.05, 0.1) is 11.0 Å². The summed E-state index contributed by atoms with van der Waals surface area (Å²) in [5, 5.41) is 18.9. The summed E-state index contributed by atoms with van der Waals surface area (Å²) in [5.41, 5.74) is 4.37. The maximum Gasteiger partial charge on any atom is 0.328 e.